The zero-order chi connectivity index (χ0) is 14.7. The van der Waals surface area contributed by atoms with Crippen molar-refractivity contribution in [2.45, 2.75) is 26.2 Å². The number of anilines is 2. The first-order valence-electron chi connectivity index (χ1n) is 7.66. The predicted octanol–water partition coefficient (Wildman–Crippen LogP) is 2.69. The van der Waals surface area contributed by atoms with Gasteiger partial charge in [-0.3, -0.25) is 0 Å². The van der Waals surface area contributed by atoms with E-state index in [-0.39, 0.29) is 0 Å². The van der Waals surface area contributed by atoms with Crippen molar-refractivity contribution in [1.82, 2.24) is 9.97 Å². The maximum Gasteiger partial charge on any atom is 0.137 e. The molecule has 0 radical (unpaired) electrons. The number of hydrogen-bond donors (Lipinski definition) is 1. The summed E-state index contributed by atoms with van der Waals surface area (Å²) >= 11 is 0. The predicted molar refractivity (Wildman–Crippen MR) is 87.0 cm³/mol. The molecule has 0 aliphatic carbocycles. The van der Waals surface area contributed by atoms with Crippen molar-refractivity contribution in [1.29, 1.82) is 0 Å². The molecule has 1 aromatic carbocycles. The van der Waals surface area contributed by atoms with Crippen molar-refractivity contribution >= 4 is 11.6 Å². The van der Waals surface area contributed by atoms with Crippen LogP contribution in [0.3, 0.4) is 0 Å². The third-order valence-corrected chi connectivity index (χ3v) is 4.23. The standard InChI is InChI=1S/C17H22N4/c1-3-15-16(18-2)19-12-20-17(15)21-10-8-13-6-4-5-7-14(13)9-11-21/h4-7,12H,3,8-11H2,1-2H3,(H,18,19,20). The van der Waals surface area contributed by atoms with Crippen molar-refractivity contribution in [3.8, 4) is 0 Å². The largest absolute Gasteiger partial charge is 0.373 e. The Morgan fingerprint density at radius 3 is 2.33 bits per heavy atom. The minimum absolute atomic E-state index is 0.940. The van der Waals surface area contributed by atoms with Crippen LogP contribution in [0.4, 0.5) is 11.6 Å². The number of aromatic nitrogens is 2. The van der Waals surface area contributed by atoms with E-state index in [1.54, 1.807) is 6.33 Å². The van der Waals surface area contributed by atoms with Gasteiger partial charge in [-0.1, -0.05) is 31.2 Å². The molecule has 2 aromatic rings. The molecule has 110 valence electrons. The molecule has 1 aromatic heterocycles. The molecule has 0 bridgehead atoms. The van der Waals surface area contributed by atoms with Crippen molar-refractivity contribution in [2.75, 3.05) is 30.4 Å². The van der Waals surface area contributed by atoms with Crippen molar-refractivity contribution in [2.24, 2.45) is 0 Å². The summed E-state index contributed by atoms with van der Waals surface area (Å²) in [5, 5.41) is 3.18. The summed E-state index contributed by atoms with van der Waals surface area (Å²) in [4.78, 5) is 11.3. The average molecular weight is 282 g/mol. The minimum atomic E-state index is 0.940. The Labute approximate surface area is 126 Å². The second-order valence-corrected chi connectivity index (χ2v) is 5.38. The first-order valence-corrected chi connectivity index (χ1v) is 7.66. The monoisotopic (exact) mass is 282 g/mol. The highest BCUT2D eigenvalue weighted by molar-refractivity contribution is 5.59. The number of fused-ring (bicyclic) bond motifs is 1. The third kappa shape index (κ3) is 2.71. The van der Waals surface area contributed by atoms with E-state index >= 15 is 0 Å². The quantitative estimate of drug-likeness (QED) is 0.939. The average Bonchev–Trinajstić information content (AvgIpc) is 2.76. The molecule has 0 amide bonds. The Hall–Kier alpha value is -2.10. The fourth-order valence-corrected chi connectivity index (χ4v) is 3.10. The summed E-state index contributed by atoms with van der Waals surface area (Å²) in [5.74, 6) is 2.04. The molecular weight excluding hydrogens is 260 g/mol. The lowest BCUT2D eigenvalue weighted by molar-refractivity contribution is 0.779. The number of benzene rings is 1. The van der Waals surface area contributed by atoms with E-state index in [0.29, 0.717) is 0 Å². The molecule has 1 aliphatic heterocycles. The van der Waals surface area contributed by atoms with Crippen LogP contribution in [0.15, 0.2) is 30.6 Å². The number of nitrogens with zero attached hydrogens (tertiary/aromatic N) is 3. The van der Waals surface area contributed by atoms with Gasteiger partial charge in [0.25, 0.3) is 0 Å². The van der Waals surface area contributed by atoms with Crippen LogP contribution in [0.5, 0.6) is 0 Å². The molecule has 2 heterocycles. The maximum absolute atomic E-state index is 4.56. The molecule has 4 nitrogen and oxygen atoms in total. The van der Waals surface area contributed by atoms with Crippen LogP contribution in [0, 0.1) is 0 Å². The Morgan fingerprint density at radius 2 is 1.76 bits per heavy atom. The zero-order valence-electron chi connectivity index (χ0n) is 12.8. The van der Waals surface area contributed by atoms with Crippen LogP contribution in [-0.4, -0.2) is 30.1 Å². The summed E-state index contributed by atoms with van der Waals surface area (Å²) in [7, 11) is 1.92. The van der Waals surface area contributed by atoms with Crippen LogP contribution in [0.2, 0.25) is 0 Å². The van der Waals surface area contributed by atoms with Crippen LogP contribution in [0.25, 0.3) is 0 Å². The first kappa shape index (κ1) is 13.9. The minimum Gasteiger partial charge on any atom is -0.373 e. The SMILES string of the molecule is CCc1c(NC)ncnc1N1CCc2ccccc2CC1. The van der Waals surface area contributed by atoms with Crippen molar-refractivity contribution < 1.29 is 0 Å². The lowest BCUT2D eigenvalue weighted by Gasteiger charge is -2.24. The van der Waals surface area contributed by atoms with Crippen molar-refractivity contribution in [3.05, 3.63) is 47.3 Å². The van der Waals surface area contributed by atoms with Crippen LogP contribution in [-0.2, 0) is 19.3 Å². The van der Waals surface area contributed by atoms with Gasteiger partial charge < -0.3 is 10.2 Å². The summed E-state index contributed by atoms with van der Waals surface area (Å²) in [5.41, 5.74) is 4.16. The van der Waals surface area contributed by atoms with E-state index in [4.69, 9.17) is 0 Å². The van der Waals surface area contributed by atoms with E-state index in [9.17, 15) is 0 Å². The summed E-state index contributed by atoms with van der Waals surface area (Å²) < 4.78 is 0. The van der Waals surface area contributed by atoms with E-state index in [1.165, 1.54) is 16.7 Å². The van der Waals surface area contributed by atoms with Gasteiger partial charge in [-0.15, -0.1) is 0 Å². The number of rotatable bonds is 3. The lowest BCUT2D eigenvalue weighted by atomic mass is 10.0. The molecule has 0 spiro atoms. The topological polar surface area (TPSA) is 41.1 Å². The van der Waals surface area contributed by atoms with Gasteiger partial charge in [0.2, 0.25) is 0 Å². The molecule has 1 aliphatic rings. The molecule has 0 saturated heterocycles. The maximum atomic E-state index is 4.56. The second-order valence-electron chi connectivity index (χ2n) is 5.38. The van der Waals surface area contributed by atoms with Gasteiger partial charge in [-0.2, -0.15) is 0 Å². The zero-order valence-corrected chi connectivity index (χ0v) is 12.8. The van der Waals surface area contributed by atoms with Gasteiger partial charge in [-0.05, 0) is 30.4 Å². The van der Waals surface area contributed by atoms with Gasteiger partial charge in [0, 0.05) is 25.7 Å². The highest BCUT2D eigenvalue weighted by Crippen LogP contribution is 2.26. The molecule has 0 fully saturated rings. The van der Waals surface area contributed by atoms with Gasteiger partial charge >= 0.3 is 0 Å². The normalized spacial score (nSPS) is 14.5. The molecular formula is C17H22N4. The van der Waals surface area contributed by atoms with Gasteiger partial charge in [-0.25, -0.2) is 9.97 Å². The molecule has 0 saturated carbocycles. The van der Waals surface area contributed by atoms with Gasteiger partial charge in [0.1, 0.15) is 18.0 Å². The third-order valence-electron chi connectivity index (χ3n) is 4.23. The molecule has 21 heavy (non-hydrogen) atoms. The number of hydrogen-bond acceptors (Lipinski definition) is 4. The summed E-state index contributed by atoms with van der Waals surface area (Å²) in [6, 6.07) is 8.77. The van der Waals surface area contributed by atoms with Gasteiger partial charge in [0.05, 0.1) is 0 Å². The Bertz CT molecular complexity index is 597. The summed E-state index contributed by atoms with van der Waals surface area (Å²) in [6.07, 6.45) is 4.77. The molecule has 3 rings (SSSR count). The molecule has 0 unspecified atom stereocenters. The fourth-order valence-electron chi connectivity index (χ4n) is 3.10. The van der Waals surface area contributed by atoms with E-state index in [0.717, 1.165) is 44.0 Å². The van der Waals surface area contributed by atoms with Crippen molar-refractivity contribution in [3.63, 3.8) is 0 Å². The Kier molecular flexibility index (Phi) is 4.04. The van der Waals surface area contributed by atoms with Crippen LogP contribution >= 0.6 is 0 Å². The fraction of sp³-hybridized carbons (Fsp3) is 0.412. The highest BCUT2D eigenvalue weighted by Gasteiger charge is 2.19. The highest BCUT2D eigenvalue weighted by atomic mass is 15.2. The Balaban J connectivity index is 1.89. The van der Waals surface area contributed by atoms with Crippen LogP contribution < -0.4 is 10.2 Å². The molecule has 4 heteroatoms. The first-order chi connectivity index (χ1) is 10.3. The smallest absolute Gasteiger partial charge is 0.137 e. The lowest BCUT2D eigenvalue weighted by Crippen LogP contribution is -2.28. The van der Waals surface area contributed by atoms with Gasteiger partial charge in [0.15, 0.2) is 0 Å². The Morgan fingerprint density at radius 1 is 1.10 bits per heavy atom. The van der Waals surface area contributed by atoms with E-state index < -0.39 is 0 Å². The van der Waals surface area contributed by atoms with Crippen LogP contribution in [0.1, 0.15) is 23.6 Å². The number of nitrogens with one attached hydrogen (secondary N) is 1. The molecule has 0 atom stereocenters. The summed E-state index contributed by atoms with van der Waals surface area (Å²) in [6.45, 7) is 4.20. The molecule has 1 N–H and O–H groups in total. The van der Waals surface area contributed by atoms with E-state index in [1.807, 2.05) is 7.05 Å². The van der Waals surface area contributed by atoms with E-state index in [2.05, 4.69) is 51.4 Å². The second kappa shape index (κ2) is 6.12.